The molecule has 2 rings (SSSR count). The lowest BCUT2D eigenvalue weighted by molar-refractivity contribution is -0.238. The molecule has 1 fully saturated rings. The molecule has 1 saturated carbocycles. The van der Waals surface area contributed by atoms with Gasteiger partial charge in [-0.05, 0) is 41.8 Å². The Morgan fingerprint density at radius 1 is 0.778 bits per heavy atom. The van der Waals surface area contributed by atoms with E-state index in [4.69, 9.17) is 18.3 Å². The first-order chi connectivity index (χ1) is 16.3. The van der Waals surface area contributed by atoms with Gasteiger partial charge in [-0.2, -0.15) is 0 Å². The largest absolute Gasteiger partial charge is 0.457 e. The number of aliphatic hydroxyl groups excluding tert-OH is 2. The molecule has 9 heteroatoms. The standard InChI is InChI=1S/C27H48O7Si2/c1-18(28)32-22-20(29)21(30)23(33-35(8,9)26(2,3)4)24(31-17-19-15-13-12-14-16-19)25(22)34-36(10,11)27(5,6)7/h12-16,20-25,29-30H,17H2,1-11H3/t20-,21+,22-,23-,24+,25+/m1/s1. The Balaban J connectivity index is 2.58. The van der Waals surface area contributed by atoms with E-state index >= 15 is 0 Å². The number of aliphatic hydroxyl groups is 2. The molecule has 1 aromatic carbocycles. The van der Waals surface area contributed by atoms with Crippen LogP contribution < -0.4 is 0 Å². The van der Waals surface area contributed by atoms with Crippen LogP contribution in [0.4, 0.5) is 0 Å². The van der Waals surface area contributed by atoms with E-state index in [1.807, 2.05) is 30.3 Å². The van der Waals surface area contributed by atoms with Gasteiger partial charge in [-0.3, -0.25) is 4.79 Å². The van der Waals surface area contributed by atoms with E-state index in [1.54, 1.807) is 0 Å². The summed E-state index contributed by atoms with van der Waals surface area (Å²) in [6.45, 7) is 22.7. The van der Waals surface area contributed by atoms with Crippen LogP contribution in [-0.2, 0) is 29.7 Å². The molecule has 1 aromatic rings. The van der Waals surface area contributed by atoms with Crippen molar-refractivity contribution in [2.24, 2.45) is 0 Å². The third kappa shape index (κ3) is 7.27. The zero-order chi connectivity index (χ0) is 27.7. The van der Waals surface area contributed by atoms with Gasteiger partial charge in [-0.25, -0.2) is 0 Å². The van der Waals surface area contributed by atoms with Crippen molar-refractivity contribution in [3.8, 4) is 0 Å². The van der Waals surface area contributed by atoms with Crippen molar-refractivity contribution in [1.29, 1.82) is 0 Å². The van der Waals surface area contributed by atoms with Gasteiger partial charge in [-0.1, -0.05) is 71.9 Å². The Morgan fingerprint density at radius 2 is 1.22 bits per heavy atom. The summed E-state index contributed by atoms with van der Waals surface area (Å²) in [7, 11) is -4.82. The van der Waals surface area contributed by atoms with Crippen LogP contribution in [-0.4, -0.2) is 69.4 Å². The van der Waals surface area contributed by atoms with Gasteiger partial charge in [-0.15, -0.1) is 0 Å². The molecule has 0 saturated heterocycles. The Kier molecular flexibility index (Phi) is 9.82. The zero-order valence-electron chi connectivity index (χ0n) is 24.0. The van der Waals surface area contributed by atoms with Crippen molar-refractivity contribution in [3.63, 3.8) is 0 Å². The number of carbonyl (C=O) groups excluding carboxylic acids is 1. The molecule has 1 aliphatic rings. The summed E-state index contributed by atoms with van der Waals surface area (Å²) in [5.41, 5.74) is 0.958. The minimum Gasteiger partial charge on any atom is -0.457 e. The van der Waals surface area contributed by atoms with Crippen molar-refractivity contribution >= 4 is 22.6 Å². The molecule has 1 aliphatic carbocycles. The van der Waals surface area contributed by atoms with Crippen LogP contribution in [0.25, 0.3) is 0 Å². The maximum absolute atomic E-state index is 12.1. The number of benzene rings is 1. The molecule has 0 unspecified atom stereocenters. The van der Waals surface area contributed by atoms with E-state index in [9.17, 15) is 15.0 Å². The maximum atomic E-state index is 12.1. The molecular weight excluding hydrogens is 492 g/mol. The van der Waals surface area contributed by atoms with E-state index in [1.165, 1.54) is 6.92 Å². The lowest BCUT2D eigenvalue weighted by Gasteiger charge is -2.52. The van der Waals surface area contributed by atoms with Crippen molar-refractivity contribution in [1.82, 2.24) is 0 Å². The zero-order valence-corrected chi connectivity index (χ0v) is 26.0. The number of rotatable bonds is 8. The van der Waals surface area contributed by atoms with Gasteiger partial charge in [0.05, 0.1) is 6.61 Å². The third-order valence-electron chi connectivity index (χ3n) is 8.06. The molecular formula is C27H48O7Si2. The highest BCUT2D eigenvalue weighted by Crippen LogP contribution is 2.43. The molecule has 0 bridgehead atoms. The summed E-state index contributed by atoms with van der Waals surface area (Å²) >= 11 is 0. The summed E-state index contributed by atoms with van der Waals surface area (Å²) in [5, 5.41) is 22.3. The van der Waals surface area contributed by atoms with Crippen LogP contribution in [0.1, 0.15) is 54.0 Å². The Hall–Kier alpha value is -1.08. The highest BCUT2D eigenvalue weighted by Gasteiger charge is 2.57. The lowest BCUT2D eigenvalue weighted by atomic mass is 9.84. The predicted octanol–water partition coefficient (Wildman–Crippen LogP) is 5.02. The molecule has 0 spiro atoms. The predicted molar refractivity (Wildman–Crippen MR) is 147 cm³/mol. The van der Waals surface area contributed by atoms with E-state index in [-0.39, 0.29) is 16.7 Å². The van der Waals surface area contributed by atoms with E-state index in [0.717, 1.165) is 5.56 Å². The molecule has 0 aromatic heterocycles. The molecule has 36 heavy (non-hydrogen) atoms. The first kappa shape index (κ1) is 31.1. The molecule has 206 valence electrons. The topological polar surface area (TPSA) is 94.5 Å². The fourth-order valence-corrected chi connectivity index (χ4v) is 6.35. The van der Waals surface area contributed by atoms with Crippen molar-refractivity contribution in [2.75, 3.05) is 0 Å². The number of ether oxygens (including phenoxy) is 2. The highest BCUT2D eigenvalue weighted by atomic mass is 28.4. The molecule has 7 nitrogen and oxygen atoms in total. The van der Waals surface area contributed by atoms with Gasteiger partial charge < -0.3 is 28.5 Å². The van der Waals surface area contributed by atoms with Gasteiger partial charge in [0.25, 0.3) is 0 Å². The van der Waals surface area contributed by atoms with E-state index in [2.05, 4.69) is 67.7 Å². The van der Waals surface area contributed by atoms with E-state index in [0.29, 0.717) is 0 Å². The van der Waals surface area contributed by atoms with Crippen LogP contribution in [0, 0.1) is 0 Å². The fraction of sp³-hybridized carbons (Fsp3) is 0.741. The minimum atomic E-state index is -2.42. The molecule has 2 N–H and O–H groups in total. The molecule has 0 amide bonds. The van der Waals surface area contributed by atoms with Gasteiger partial charge in [0.1, 0.15) is 30.5 Å². The van der Waals surface area contributed by atoms with Gasteiger partial charge in [0.2, 0.25) is 0 Å². The first-order valence-corrected chi connectivity index (χ1v) is 18.6. The molecule has 0 heterocycles. The number of hydrogen-bond acceptors (Lipinski definition) is 7. The van der Waals surface area contributed by atoms with Crippen molar-refractivity contribution in [3.05, 3.63) is 35.9 Å². The Bertz CT molecular complexity index is 861. The minimum absolute atomic E-state index is 0.135. The number of hydrogen-bond donors (Lipinski definition) is 2. The van der Waals surface area contributed by atoms with Gasteiger partial charge in [0, 0.05) is 6.92 Å². The summed E-state index contributed by atoms with van der Waals surface area (Å²) in [6.07, 6.45) is -6.22. The van der Waals surface area contributed by atoms with E-state index < -0.39 is 59.2 Å². The SMILES string of the molecule is CC(=O)O[C@@H]1[C@H](O)[C@H](O)[C@@H](O[Si](C)(C)C(C)(C)C)[C@H](OCc2ccccc2)[C@H]1O[Si](C)(C)C(C)(C)C. The quantitative estimate of drug-likeness (QED) is 0.353. The van der Waals surface area contributed by atoms with Crippen molar-refractivity contribution in [2.45, 2.75) is 128 Å². The summed E-state index contributed by atoms with van der Waals surface area (Å²) < 4.78 is 25.6. The van der Waals surface area contributed by atoms with Crippen LogP contribution >= 0.6 is 0 Å². The number of carbonyl (C=O) groups is 1. The second kappa shape index (κ2) is 11.3. The van der Waals surface area contributed by atoms with Gasteiger partial charge >= 0.3 is 5.97 Å². The van der Waals surface area contributed by atoms with Crippen molar-refractivity contribution < 1.29 is 33.3 Å². The second-order valence-corrected chi connectivity index (χ2v) is 22.5. The fourth-order valence-electron chi connectivity index (χ4n) is 3.74. The third-order valence-corrected chi connectivity index (χ3v) is 17.0. The summed E-state index contributed by atoms with van der Waals surface area (Å²) in [5.74, 6) is -0.555. The maximum Gasteiger partial charge on any atom is 0.303 e. The monoisotopic (exact) mass is 540 g/mol. The van der Waals surface area contributed by atoms with Crippen LogP contribution in [0.5, 0.6) is 0 Å². The smallest absolute Gasteiger partial charge is 0.303 e. The summed E-state index contributed by atoms with van der Waals surface area (Å²) in [6, 6.07) is 9.74. The Morgan fingerprint density at radius 3 is 1.67 bits per heavy atom. The number of esters is 1. The average molecular weight is 541 g/mol. The normalized spacial score (nSPS) is 28.1. The second-order valence-electron chi connectivity index (χ2n) is 13.0. The molecule has 0 radical (unpaired) electrons. The van der Waals surface area contributed by atoms with Crippen LogP contribution in [0.3, 0.4) is 0 Å². The Labute approximate surface area is 219 Å². The molecule has 0 aliphatic heterocycles. The average Bonchev–Trinajstić information content (AvgIpc) is 2.73. The first-order valence-electron chi connectivity index (χ1n) is 12.8. The molecule has 6 atom stereocenters. The van der Waals surface area contributed by atoms with Gasteiger partial charge in [0.15, 0.2) is 22.7 Å². The summed E-state index contributed by atoms with van der Waals surface area (Å²) in [4.78, 5) is 12.1. The highest BCUT2D eigenvalue weighted by molar-refractivity contribution is 6.74. The lowest BCUT2D eigenvalue weighted by Crippen LogP contribution is -2.70. The van der Waals surface area contributed by atoms with Crippen LogP contribution in [0.15, 0.2) is 30.3 Å². The van der Waals surface area contributed by atoms with Crippen LogP contribution in [0.2, 0.25) is 36.3 Å².